The lowest BCUT2D eigenvalue weighted by Crippen LogP contribution is -2.17. The maximum atomic E-state index is 12.0. The molecule has 1 amide bonds. The van der Waals surface area contributed by atoms with E-state index < -0.39 is 4.92 Å². The number of hydrogen-bond acceptors (Lipinski definition) is 4. The van der Waals surface area contributed by atoms with Crippen LogP contribution in [0, 0.1) is 24.0 Å². The van der Waals surface area contributed by atoms with Gasteiger partial charge in [-0.25, -0.2) is 5.43 Å². The monoisotopic (exact) mass is 297 g/mol. The fourth-order valence-corrected chi connectivity index (χ4v) is 1.87. The van der Waals surface area contributed by atoms with Gasteiger partial charge in [0.05, 0.1) is 16.7 Å². The molecule has 0 heterocycles. The van der Waals surface area contributed by atoms with Crippen LogP contribution in [0.5, 0.6) is 0 Å². The standard InChI is InChI=1S/C16H15N3O3/c1-11-7-8-13(9-12(11)2)16(20)18-17-10-14-5-3-4-6-15(14)19(21)22/h3-10H,1-2H3,(H,18,20). The Kier molecular flexibility index (Phi) is 4.63. The van der Waals surface area contributed by atoms with Crippen molar-refractivity contribution >= 4 is 17.8 Å². The molecule has 22 heavy (non-hydrogen) atoms. The zero-order valence-corrected chi connectivity index (χ0v) is 12.2. The number of nitro groups is 1. The lowest BCUT2D eigenvalue weighted by Gasteiger charge is -2.03. The van der Waals surface area contributed by atoms with Crippen LogP contribution in [-0.4, -0.2) is 17.0 Å². The molecule has 0 unspecified atom stereocenters. The first-order valence-corrected chi connectivity index (χ1v) is 6.63. The Bertz CT molecular complexity index is 754. The van der Waals surface area contributed by atoms with Crippen LogP contribution in [0.3, 0.4) is 0 Å². The number of para-hydroxylation sites is 1. The summed E-state index contributed by atoms with van der Waals surface area (Å²) in [6, 6.07) is 11.5. The van der Waals surface area contributed by atoms with Crippen LogP contribution in [0.2, 0.25) is 0 Å². The summed E-state index contributed by atoms with van der Waals surface area (Å²) in [6.45, 7) is 3.88. The third kappa shape index (κ3) is 3.54. The van der Waals surface area contributed by atoms with Gasteiger partial charge in [-0.3, -0.25) is 14.9 Å². The molecule has 0 radical (unpaired) electrons. The minimum Gasteiger partial charge on any atom is -0.267 e. The molecule has 2 aromatic carbocycles. The number of hydrogen-bond donors (Lipinski definition) is 1. The van der Waals surface area contributed by atoms with Crippen molar-refractivity contribution in [3.8, 4) is 0 Å². The number of nitrogens with one attached hydrogen (secondary N) is 1. The number of carbonyl (C=O) groups excluding carboxylic acids is 1. The normalized spacial score (nSPS) is 10.6. The minimum absolute atomic E-state index is 0.0633. The van der Waals surface area contributed by atoms with Crippen molar-refractivity contribution < 1.29 is 9.72 Å². The Morgan fingerprint density at radius 1 is 1.18 bits per heavy atom. The molecule has 0 atom stereocenters. The summed E-state index contributed by atoms with van der Waals surface area (Å²) in [7, 11) is 0. The summed E-state index contributed by atoms with van der Waals surface area (Å²) < 4.78 is 0. The number of benzene rings is 2. The number of hydrazone groups is 1. The van der Waals surface area contributed by atoms with Crippen molar-refractivity contribution in [1.82, 2.24) is 5.43 Å². The second-order valence-corrected chi connectivity index (χ2v) is 4.81. The summed E-state index contributed by atoms with van der Waals surface area (Å²) >= 11 is 0. The molecule has 0 aliphatic rings. The van der Waals surface area contributed by atoms with E-state index in [0.29, 0.717) is 11.1 Å². The van der Waals surface area contributed by atoms with Crippen LogP contribution in [0.25, 0.3) is 0 Å². The summed E-state index contributed by atoms with van der Waals surface area (Å²) in [4.78, 5) is 22.3. The van der Waals surface area contributed by atoms with Gasteiger partial charge >= 0.3 is 0 Å². The number of carbonyl (C=O) groups is 1. The van der Waals surface area contributed by atoms with Gasteiger partial charge in [0.15, 0.2) is 0 Å². The molecule has 0 aliphatic carbocycles. The molecule has 0 saturated heterocycles. The number of aryl methyl sites for hydroxylation is 2. The van der Waals surface area contributed by atoms with Gasteiger partial charge in [-0.05, 0) is 43.2 Å². The van der Waals surface area contributed by atoms with E-state index in [1.807, 2.05) is 19.9 Å². The highest BCUT2D eigenvalue weighted by Gasteiger charge is 2.10. The smallest absolute Gasteiger partial charge is 0.267 e. The lowest BCUT2D eigenvalue weighted by atomic mass is 10.1. The molecule has 0 aromatic heterocycles. The van der Waals surface area contributed by atoms with E-state index in [1.165, 1.54) is 12.3 Å². The molecule has 0 bridgehead atoms. The van der Waals surface area contributed by atoms with Crippen molar-refractivity contribution in [2.75, 3.05) is 0 Å². The number of amides is 1. The van der Waals surface area contributed by atoms with Gasteiger partial charge in [-0.2, -0.15) is 5.10 Å². The van der Waals surface area contributed by atoms with Gasteiger partial charge < -0.3 is 0 Å². The topological polar surface area (TPSA) is 84.6 Å². The van der Waals surface area contributed by atoms with E-state index in [1.54, 1.807) is 30.3 Å². The summed E-state index contributed by atoms with van der Waals surface area (Å²) in [6.07, 6.45) is 1.26. The van der Waals surface area contributed by atoms with Gasteiger partial charge in [0.2, 0.25) is 0 Å². The molecule has 6 nitrogen and oxygen atoms in total. The summed E-state index contributed by atoms with van der Waals surface area (Å²) in [5, 5.41) is 14.7. The lowest BCUT2D eigenvalue weighted by molar-refractivity contribution is -0.385. The first-order chi connectivity index (χ1) is 10.5. The van der Waals surface area contributed by atoms with Gasteiger partial charge in [0.25, 0.3) is 11.6 Å². The van der Waals surface area contributed by atoms with E-state index in [0.717, 1.165) is 11.1 Å². The highest BCUT2D eigenvalue weighted by molar-refractivity contribution is 5.95. The molecular formula is C16H15N3O3. The number of nitrogens with zero attached hydrogens (tertiary/aromatic N) is 2. The average molecular weight is 297 g/mol. The molecule has 6 heteroatoms. The molecule has 0 spiro atoms. The Hall–Kier alpha value is -3.02. The predicted molar refractivity (Wildman–Crippen MR) is 84.1 cm³/mol. The summed E-state index contributed by atoms with van der Waals surface area (Å²) in [5.41, 5.74) is 5.23. The Labute approximate surface area is 127 Å². The van der Waals surface area contributed by atoms with Crippen molar-refractivity contribution in [2.24, 2.45) is 5.10 Å². The van der Waals surface area contributed by atoms with Crippen molar-refractivity contribution in [1.29, 1.82) is 0 Å². The molecular weight excluding hydrogens is 282 g/mol. The average Bonchev–Trinajstić information content (AvgIpc) is 2.50. The van der Waals surface area contributed by atoms with Crippen LogP contribution in [0.1, 0.15) is 27.0 Å². The van der Waals surface area contributed by atoms with Crippen molar-refractivity contribution in [3.05, 3.63) is 74.8 Å². The number of nitro benzene ring substituents is 1. The van der Waals surface area contributed by atoms with Gasteiger partial charge in [-0.15, -0.1) is 0 Å². The first kappa shape index (κ1) is 15.4. The SMILES string of the molecule is Cc1ccc(C(=O)NN=Cc2ccccc2[N+](=O)[O-])cc1C. The quantitative estimate of drug-likeness (QED) is 0.535. The predicted octanol–water partition coefficient (Wildman–Crippen LogP) is 2.98. The van der Waals surface area contributed by atoms with Crippen molar-refractivity contribution in [3.63, 3.8) is 0 Å². The molecule has 112 valence electrons. The van der Waals surface area contributed by atoms with Crippen LogP contribution in [0.15, 0.2) is 47.6 Å². The highest BCUT2D eigenvalue weighted by Crippen LogP contribution is 2.15. The van der Waals surface area contributed by atoms with Crippen LogP contribution in [-0.2, 0) is 0 Å². The maximum Gasteiger partial charge on any atom is 0.278 e. The van der Waals surface area contributed by atoms with E-state index in [4.69, 9.17) is 0 Å². The Balaban J connectivity index is 2.11. The molecule has 0 aliphatic heterocycles. The van der Waals surface area contributed by atoms with Crippen molar-refractivity contribution in [2.45, 2.75) is 13.8 Å². The molecule has 2 aromatic rings. The maximum absolute atomic E-state index is 12.0. The van der Waals surface area contributed by atoms with Crippen LogP contribution < -0.4 is 5.43 Å². The van der Waals surface area contributed by atoms with Gasteiger partial charge in [0.1, 0.15) is 0 Å². The third-order valence-electron chi connectivity index (χ3n) is 3.27. The largest absolute Gasteiger partial charge is 0.278 e. The van der Waals surface area contributed by atoms with E-state index in [-0.39, 0.29) is 11.6 Å². The molecule has 0 saturated carbocycles. The fraction of sp³-hybridized carbons (Fsp3) is 0.125. The molecule has 0 fully saturated rings. The first-order valence-electron chi connectivity index (χ1n) is 6.63. The van der Waals surface area contributed by atoms with Crippen LogP contribution in [0.4, 0.5) is 5.69 Å². The highest BCUT2D eigenvalue weighted by atomic mass is 16.6. The third-order valence-corrected chi connectivity index (χ3v) is 3.27. The van der Waals surface area contributed by atoms with Crippen LogP contribution >= 0.6 is 0 Å². The second kappa shape index (κ2) is 6.62. The zero-order valence-electron chi connectivity index (χ0n) is 12.2. The summed E-state index contributed by atoms with van der Waals surface area (Å²) in [5.74, 6) is -0.363. The number of rotatable bonds is 4. The van der Waals surface area contributed by atoms with E-state index >= 15 is 0 Å². The van der Waals surface area contributed by atoms with Gasteiger partial charge in [0, 0.05) is 11.6 Å². The van der Waals surface area contributed by atoms with E-state index in [9.17, 15) is 14.9 Å². The van der Waals surface area contributed by atoms with E-state index in [2.05, 4.69) is 10.5 Å². The zero-order chi connectivity index (χ0) is 16.1. The minimum atomic E-state index is -0.494. The van der Waals surface area contributed by atoms with Gasteiger partial charge in [-0.1, -0.05) is 18.2 Å². The Morgan fingerprint density at radius 2 is 1.91 bits per heavy atom. The fourth-order valence-electron chi connectivity index (χ4n) is 1.87. The molecule has 1 N–H and O–H groups in total. The second-order valence-electron chi connectivity index (χ2n) is 4.81. The Morgan fingerprint density at radius 3 is 2.59 bits per heavy atom. The molecule has 2 rings (SSSR count).